The van der Waals surface area contributed by atoms with Gasteiger partial charge in [-0.15, -0.1) is 0 Å². The molecule has 0 amide bonds. The lowest BCUT2D eigenvalue weighted by molar-refractivity contribution is -0.0747. The van der Waals surface area contributed by atoms with E-state index in [1.54, 1.807) is 18.2 Å². The molecular weight excluding hydrogens is 237 g/mol. The molecule has 0 aliphatic carbocycles. The average Bonchev–Trinajstić information content (AvgIpc) is 2.29. The van der Waals surface area contributed by atoms with Gasteiger partial charge in [0.2, 0.25) is 0 Å². The summed E-state index contributed by atoms with van der Waals surface area (Å²) < 4.78 is 39.9. The van der Waals surface area contributed by atoms with Crippen LogP contribution in [0, 0.1) is 0 Å². The molecule has 0 aromatic heterocycles. The maximum Gasteiger partial charge on any atom is 0.347 e. The molecule has 0 spiro atoms. The highest BCUT2D eigenvalue weighted by molar-refractivity contribution is 7.80. The molecule has 1 nitrogen and oxygen atoms in total. The molecule has 0 bridgehead atoms. The van der Waals surface area contributed by atoms with Crippen molar-refractivity contribution in [3.05, 3.63) is 35.9 Å². The van der Waals surface area contributed by atoms with Gasteiger partial charge in [0.15, 0.2) is 5.67 Å². The van der Waals surface area contributed by atoms with Crippen LogP contribution in [0.15, 0.2) is 30.3 Å². The Bertz CT molecular complexity index is 365. The summed E-state index contributed by atoms with van der Waals surface area (Å²) in [5.74, 6) is -4.19. The van der Waals surface area contributed by atoms with E-state index in [9.17, 15) is 18.0 Å². The molecule has 1 rings (SSSR count). The number of benzene rings is 1. The van der Waals surface area contributed by atoms with E-state index in [4.69, 9.17) is 0 Å². The Hall–Kier alpha value is -0.970. The molecule has 0 saturated carbocycles. The highest BCUT2D eigenvalue weighted by atomic mass is 32.1. The van der Waals surface area contributed by atoms with Crippen LogP contribution in [0.3, 0.4) is 0 Å². The molecule has 2 atom stereocenters. The van der Waals surface area contributed by atoms with Gasteiger partial charge in [-0.3, -0.25) is 4.79 Å². The van der Waals surface area contributed by atoms with Crippen molar-refractivity contribution in [3.63, 3.8) is 0 Å². The second-order valence-corrected chi connectivity index (χ2v) is 4.08. The van der Waals surface area contributed by atoms with E-state index < -0.39 is 16.8 Å². The van der Waals surface area contributed by atoms with Crippen LogP contribution >= 0.6 is 12.6 Å². The molecular formula is C11H10F3OS. The fraction of sp³-hybridized carbons (Fsp3) is 0.364. The first-order valence-corrected chi connectivity index (χ1v) is 5.03. The van der Waals surface area contributed by atoms with Crippen molar-refractivity contribution >= 4 is 18.9 Å². The van der Waals surface area contributed by atoms with E-state index in [1.165, 1.54) is 12.1 Å². The second-order valence-electron chi connectivity index (χ2n) is 3.57. The summed E-state index contributed by atoms with van der Waals surface area (Å²) in [7, 11) is 0. The van der Waals surface area contributed by atoms with Gasteiger partial charge in [0.25, 0.3) is 6.29 Å². The number of halogens is 3. The fourth-order valence-corrected chi connectivity index (χ4v) is 1.55. The summed E-state index contributed by atoms with van der Waals surface area (Å²) >= 11 is 3.81. The molecule has 16 heavy (non-hydrogen) atoms. The van der Waals surface area contributed by atoms with Crippen molar-refractivity contribution in [2.75, 3.05) is 0 Å². The number of thiol groups is 1. The quantitative estimate of drug-likeness (QED) is 0.809. The minimum Gasteiger partial charge on any atom is -0.284 e. The molecule has 87 valence electrons. The van der Waals surface area contributed by atoms with E-state index >= 15 is 0 Å². The molecule has 0 fully saturated rings. The lowest BCUT2D eigenvalue weighted by Gasteiger charge is -2.30. The smallest absolute Gasteiger partial charge is 0.284 e. The summed E-state index contributed by atoms with van der Waals surface area (Å²) in [5.41, 5.74) is -2.80. The van der Waals surface area contributed by atoms with E-state index in [2.05, 4.69) is 12.6 Å². The van der Waals surface area contributed by atoms with Gasteiger partial charge in [-0.1, -0.05) is 30.3 Å². The standard InChI is InChI=1S/C11H10F3OS/c1-10(12,11(13,14)7-15)9(16)8-5-3-2-4-6-8/h2-6,9,16H,1H3. The second kappa shape index (κ2) is 4.49. The molecule has 1 aromatic carbocycles. The van der Waals surface area contributed by atoms with Crippen molar-refractivity contribution in [2.45, 2.75) is 23.8 Å². The number of hydrogen-bond acceptors (Lipinski definition) is 2. The lowest BCUT2D eigenvalue weighted by Crippen LogP contribution is -2.46. The Labute approximate surface area is 97.1 Å². The van der Waals surface area contributed by atoms with E-state index in [-0.39, 0.29) is 5.56 Å². The van der Waals surface area contributed by atoms with Crippen molar-refractivity contribution in [2.24, 2.45) is 0 Å². The van der Waals surface area contributed by atoms with Gasteiger partial charge in [-0.25, -0.2) is 4.39 Å². The highest BCUT2D eigenvalue weighted by Gasteiger charge is 2.56. The van der Waals surface area contributed by atoms with Gasteiger partial charge in [-0.05, 0) is 12.5 Å². The number of carbonyl (C=O) groups excluding carboxylic acids is 1. The predicted octanol–water partition coefficient (Wildman–Crippen LogP) is 3.13. The maximum absolute atomic E-state index is 13.9. The number of rotatable bonds is 4. The molecule has 0 aliphatic rings. The Morgan fingerprint density at radius 1 is 1.25 bits per heavy atom. The van der Waals surface area contributed by atoms with Crippen LogP contribution < -0.4 is 0 Å². The number of alkyl halides is 3. The molecule has 1 radical (unpaired) electrons. The van der Waals surface area contributed by atoms with Gasteiger partial charge in [0.05, 0.1) is 5.25 Å². The van der Waals surface area contributed by atoms with Crippen LogP contribution in [-0.2, 0) is 4.79 Å². The van der Waals surface area contributed by atoms with Gasteiger partial charge in [0, 0.05) is 0 Å². The molecule has 0 N–H and O–H groups in total. The minimum absolute atomic E-state index is 0.283. The summed E-state index contributed by atoms with van der Waals surface area (Å²) in [5, 5.41) is -1.40. The van der Waals surface area contributed by atoms with Crippen molar-refractivity contribution in [3.8, 4) is 0 Å². The molecule has 1 aromatic rings. The summed E-state index contributed by atoms with van der Waals surface area (Å²) in [6, 6.07) is 7.77. The summed E-state index contributed by atoms with van der Waals surface area (Å²) in [6.07, 6.45) is 0.425. The Balaban J connectivity index is 3.06. The van der Waals surface area contributed by atoms with Crippen LogP contribution in [0.25, 0.3) is 0 Å². The zero-order valence-electron chi connectivity index (χ0n) is 8.45. The Morgan fingerprint density at radius 2 is 1.75 bits per heavy atom. The van der Waals surface area contributed by atoms with Crippen molar-refractivity contribution in [1.82, 2.24) is 0 Å². The van der Waals surface area contributed by atoms with Crippen LogP contribution in [0.2, 0.25) is 0 Å². The SMILES string of the molecule is CC(F)(C(S)c1ccccc1)C(F)(F)[C]=O. The molecule has 0 saturated heterocycles. The fourth-order valence-electron chi connectivity index (χ4n) is 1.22. The zero-order chi connectivity index (χ0) is 12.4. The molecule has 0 heterocycles. The first-order chi connectivity index (χ1) is 7.33. The molecule has 0 aliphatic heterocycles. The van der Waals surface area contributed by atoms with Crippen molar-refractivity contribution < 1.29 is 18.0 Å². The van der Waals surface area contributed by atoms with E-state index in [0.29, 0.717) is 13.2 Å². The topological polar surface area (TPSA) is 17.1 Å². The normalized spacial score (nSPS) is 17.6. The first-order valence-electron chi connectivity index (χ1n) is 4.52. The third-order valence-corrected chi connectivity index (χ3v) is 3.15. The average molecular weight is 247 g/mol. The third-order valence-electron chi connectivity index (χ3n) is 2.37. The van der Waals surface area contributed by atoms with Crippen LogP contribution in [0.1, 0.15) is 17.7 Å². The van der Waals surface area contributed by atoms with Crippen LogP contribution in [-0.4, -0.2) is 17.9 Å². The van der Waals surface area contributed by atoms with Gasteiger partial charge in [-0.2, -0.15) is 21.4 Å². The largest absolute Gasteiger partial charge is 0.347 e. The Kier molecular flexibility index (Phi) is 3.68. The van der Waals surface area contributed by atoms with Crippen LogP contribution in [0.4, 0.5) is 13.2 Å². The predicted molar refractivity (Wildman–Crippen MR) is 58.3 cm³/mol. The van der Waals surface area contributed by atoms with Crippen molar-refractivity contribution in [1.29, 1.82) is 0 Å². The maximum atomic E-state index is 13.9. The zero-order valence-corrected chi connectivity index (χ0v) is 9.35. The van der Waals surface area contributed by atoms with Gasteiger partial charge < -0.3 is 0 Å². The monoisotopic (exact) mass is 247 g/mol. The summed E-state index contributed by atoms with van der Waals surface area (Å²) in [4.78, 5) is 10.1. The minimum atomic E-state index is -4.19. The Morgan fingerprint density at radius 3 is 2.19 bits per heavy atom. The van der Waals surface area contributed by atoms with Crippen LogP contribution in [0.5, 0.6) is 0 Å². The first kappa shape index (κ1) is 13.1. The van der Waals surface area contributed by atoms with Gasteiger partial charge >= 0.3 is 5.92 Å². The highest BCUT2D eigenvalue weighted by Crippen LogP contribution is 2.44. The summed E-state index contributed by atoms with van der Waals surface area (Å²) in [6.45, 7) is 0.641. The van der Waals surface area contributed by atoms with E-state index in [0.717, 1.165) is 0 Å². The lowest BCUT2D eigenvalue weighted by atomic mass is 9.92. The van der Waals surface area contributed by atoms with Gasteiger partial charge in [0.1, 0.15) is 0 Å². The molecule has 5 heteroatoms. The molecule has 2 unspecified atom stereocenters. The third kappa shape index (κ3) is 2.24. The van der Waals surface area contributed by atoms with E-state index in [1.807, 2.05) is 0 Å². The number of hydrogen-bond donors (Lipinski definition) is 1.